The maximum atomic E-state index is 12.3. The summed E-state index contributed by atoms with van der Waals surface area (Å²) in [5, 5.41) is 3.23. The molecule has 0 spiro atoms. The number of nitrogens with two attached hydrogens (primary N) is 1. The van der Waals surface area contributed by atoms with Crippen molar-refractivity contribution in [2.45, 2.75) is 0 Å². The number of anilines is 3. The van der Waals surface area contributed by atoms with Crippen LogP contribution in [0.1, 0.15) is 10.4 Å². The number of rotatable bonds is 4. The number of amides is 3. The zero-order chi connectivity index (χ0) is 17.9. The second kappa shape index (κ2) is 7.46. The highest BCUT2D eigenvalue weighted by Gasteiger charge is 2.14. The predicted molar refractivity (Wildman–Crippen MR) is 101 cm³/mol. The fourth-order valence-electron chi connectivity index (χ4n) is 1.97. The number of hydrogen-bond donors (Lipinski definition) is 3. The van der Waals surface area contributed by atoms with Gasteiger partial charge in [0.25, 0.3) is 0 Å². The van der Waals surface area contributed by atoms with Crippen LogP contribution in [0.25, 0.3) is 0 Å². The SMILES string of the molecule is CN(C)c1cc(Cl)cc(NC(=O)N(S)c2ccc(C(N)=O)cc2)c1. The molecule has 0 saturated carbocycles. The summed E-state index contributed by atoms with van der Waals surface area (Å²) in [5.41, 5.74) is 7.44. The Balaban J connectivity index is 2.15. The molecule has 0 aliphatic heterocycles. The van der Waals surface area contributed by atoms with Crippen LogP contribution in [0.3, 0.4) is 0 Å². The molecule has 0 saturated heterocycles. The molecule has 0 heterocycles. The minimum atomic E-state index is -0.535. The lowest BCUT2D eigenvalue weighted by molar-refractivity contribution is 0.100. The van der Waals surface area contributed by atoms with Crippen LogP contribution in [-0.4, -0.2) is 26.0 Å². The van der Waals surface area contributed by atoms with Gasteiger partial charge in [0.15, 0.2) is 0 Å². The van der Waals surface area contributed by atoms with Crippen molar-refractivity contribution in [3.8, 4) is 0 Å². The number of nitrogens with one attached hydrogen (secondary N) is 1. The normalized spacial score (nSPS) is 10.2. The molecule has 126 valence electrons. The van der Waals surface area contributed by atoms with Gasteiger partial charge in [-0.25, -0.2) is 9.10 Å². The minimum absolute atomic E-state index is 0.353. The molecular weight excluding hydrogens is 348 g/mol. The number of thiol groups is 1. The van der Waals surface area contributed by atoms with Crippen LogP contribution in [0.2, 0.25) is 5.02 Å². The van der Waals surface area contributed by atoms with E-state index in [0.29, 0.717) is 22.0 Å². The first-order valence-corrected chi connectivity index (χ1v) is 7.73. The van der Waals surface area contributed by atoms with Gasteiger partial charge in [-0.3, -0.25) is 4.79 Å². The average molecular weight is 365 g/mol. The van der Waals surface area contributed by atoms with E-state index in [1.165, 1.54) is 12.1 Å². The number of halogens is 1. The van der Waals surface area contributed by atoms with Crippen LogP contribution in [0, 0.1) is 0 Å². The molecule has 8 heteroatoms. The molecule has 2 aromatic rings. The van der Waals surface area contributed by atoms with E-state index in [1.807, 2.05) is 19.0 Å². The summed E-state index contributed by atoms with van der Waals surface area (Å²) < 4.78 is 1.13. The summed E-state index contributed by atoms with van der Waals surface area (Å²) in [6, 6.07) is 11.0. The van der Waals surface area contributed by atoms with E-state index in [4.69, 9.17) is 17.3 Å². The zero-order valence-electron chi connectivity index (χ0n) is 13.2. The fraction of sp³-hybridized carbons (Fsp3) is 0.125. The van der Waals surface area contributed by atoms with E-state index in [9.17, 15) is 9.59 Å². The van der Waals surface area contributed by atoms with Gasteiger partial charge in [-0.05, 0) is 42.5 Å². The van der Waals surface area contributed by atoms with E-state index in [2.05, 4.69) is 18.1 Å². The molecule has 6 nitrogen and oxygen atoms in total. The highest BCUT2D eigenvalue weighted by molar-refractivity contribution is 7.82. The van der Waals surface area contributed by atoms with Crippen molar-refractivity contribution in [2.24, 2.45) is 5.73 Å². The largest absolute Gasteiger partial charge is 0.378 e. The lowest BCUT2D eigenvalue weighted by atomic mass is 10.2. The first-order valence-electron chi connectivity index (χ1n) is 6.95. The first kappa shape index (κ1) is 18.0. The molecule has 0 bridgehead atoms. The Bertz CT molecular complexity index is 765. The van der Waals surface area contributed by atoms with Crippen molar-refractivity contribution in [3.63, 3.8) is 0 Å². The molecule has 0 atom stereocenters. The summed E-state index contributed by atoms with van der Waals surface area (Å²) in [6.07, 6.45) is 0. The molecule has 0 radical (unpaired) electrons. The smallest absolute Gasteiger partial charge is 0.336 e. The molecule has 0 aliphatic rings. The summed E-state index contributed by atoms with van der Waals surface area (Å²) in [7, 11) is 3.75. The highest BCUT2D eigenvalue weighted by Crippen LogP contribution is 2.25. The number of carbonyl (C=O) groups excluding carboxylic acids is 2. The van der Waals surface area contributed by atoms with Gasteiger partial charge in [-0.2, -0.15) is 0 Å². The van der Waals surface area contributed by atoms with Crippen LogP contribution in [-0.2, 0) is 0 Å². The van der Waals surface area contributed by atoms with E-state index < -0.39 is 11.9 Å². The third kappa shape index (κ3) is 4.33. The van der Waals surface area contributed by atoms with Crippen molar-refractivity contribution >= 4 is 53.4 Å². The van der Waals surface area contributed by atoms with E-state index in [1.54, 1.807) is 30.3 Å². The standard InChI is InChI=1S/C16H17ClN4O2S/c1-20(2)14-8-11(17)7-12(9-14)19-16(23)21(24)13-5-3-10(4-6-13)15(18)22/h3-9,24H,1-2H3,(H2,18,22)(H,19,23). The molecule has 0 fully saturated rings. The zero-order valence-corrected chi connectivity index (χ0v) is 14.8. The van der Waals surface area contributed by atoms with E-state index in [0.717, 1.165) is 9.99 Å². The van der Waals surface area contributed by atoms with Gasteiger partial charge >= 0.3 is 6.03 Å². The van der Waals surface area contributed by atoms with Gasteiger partial charge in [0.1, 0.15) is 0 Å². The van der Waals surface area contributed by atoms with Crippen LogP contribution >= 0.6 is 24.4 Å². The Morgan fingerprint density at radius 1 is 1.08 bits per heavy atom. The Morgan fingerprint density at radius 3 is 2.25 bits per heavy atom. The van der Waals surface area contributed by atoms with Gasteiger partial charge in [-0.1, -0.05) is 24.4 Å². The minimum Gasteiger partial charge on any atom is -0.378 e. The molecule has 2 aromatic carbocycles. The number of hydrogen-bond acceptors (Lipinski definition) is 4. The van der Waals surface area contributed by atoms with Gasteiger partial charge in [0.05, 0.1) is 5.69 Å². The maximum Gasteiger partial charge on any atom is 0.336 e. The second-order valence-corrected chi connectivity index (χ2v) is 6.08. The second-order valence-electron chi connectivity index (χ2n) is 5.25. The topological polar surface area (TPSA) is 78.7 Å². The molecule has 0 unspecified atom stereocenters. The fourth-order valence-corrected chi connectivity index (χ4v) is 2.38. The number of nitrogens with zero attached hydrogens (tertiary/aromatic N) is 2. The van der Waals surface area contributed by atoms with E-state index >= 15 is 0 Å². The third-order valence-corrected chi connectivity index (χ3v) is 3.87. The van der Waals surface area contributed by atoms with Gasteiger partial charge in [0.2, 0.25) is 5.91 Å². The lowest BCUT2D eigenvalue weighted by Gasteiger charge is -2.18. The lowest BCUT2D eigenvalue weighted by Crippen LogP contribution is -2.27. The first-order chi connectivity index (χ1) is 11.3. The highest BCUT2D eigenvalue weighted by atomic mass is 35.5. The summed E-state index contributed by atoms with van der Waals surface area (Å²) in [4.78, 5) is 25.3. The monoisotopic (exact) mass is 364 g/mol. The number of carbonyl (C=O) groups is 2. The molecular formula is C16H17ClN4O2S. The molecule has 2 rings (SSSR count). The molecule has 3 N–H and O–H groups in total. The quantitative estimate of drug-likeness (QED) is 0.727. The van der Waals surface area contributed by atoms with E-state index in [-0.39, 0.29) is 0 Å². The van der Waals surface area contributed by atoms with Crippen LogP contribution in [0.15, 0.2) is 42.5 Å². The van der Waals surface area contributed by atoms with Crippen molar-refractivity contribution < 1.29 is 9.59 Å². The van der Waals surface area contributed by atoms with Gasteiger partial charge < -0.3 is 16.0 Å². The van der Waals surface area contributed by atoms with Crippen molar-refractivity contribution in [1.29, 1.82) is 0 Å². The molecule has 0 aliphatic carbocycles. The Kier molecular flexibility index (Phi) is 5.58. The maximum absolute atomic E-state index is 12.3. The van der Waals surface area contributed by atoms with Crippen LogP contribution < -0.4 is 20.3 Å². The Labute approximate surface area is 150 Å². The van der Waals surface area contributed by atoms with Crippen molar-refractivity contribution in [2.75, 3.05) is 28.6 Å². The Morgan fingerprint density at radius 2 is 1.71 bits per heavy atom. The van der Waals surface area contributed by atoms with Crippen molar-refractivity contribution in [3.05, 3.63) is 53.1 Å². The number of benzene rings is 2. The van der Waals surface area contributed by atoms with Crippen LogP contribution in [0.5, 0.6) is 0 Å². The van der Waals surface area contributed by atoms with Gasteiger partial charge in [-0.15, -0.1) is 0 Å². The summed E-state index contributed by atoms with van der Waals surface area (Å²) in [5.74, 6) is -0.535. The van der Waals surface area contributed by atoms with Crippen molar-refractivity contribution in [1.82, 2.24) is 0 Å². The van der Waals surface area contributed by atoms with Gasteiger partial charge in [0, 0.05) is 36.1 Å². The molecule has 0 aromatic heterocycles. The number of urea groups is 1. The Hall–Kier alpha value is -2.38. The molecule has 24 heavy (non-hydrogen) atoms. The summed E-state index contributed by atoms with van der Waals surface area (Å²) in [6.45, 7) is 0. The predicted octanol–water partition coefficient (Wildman–Crippen LogP) is 3.39. The average Bonchev–Trinajstić information content (AvgIpc) is 2.53. The summed E-state index contributed by atoms with van der Waals surface area (Å²) >= 11 is 10.3. The third-order valence-electron chi connectivity index (χ3n) is 3.24. The molecule has 3 amide bonds. The number of primary amides is 1. The van der Waals surface area contributed by atoms with Crippen LogP contribution in [0.4, 0.5) is 21.9 Å².